The second-order valence-electron chi connectivity index (χ2n) is 6.82. The summed E-state index contributed by atoms with van der Waals surface area (Å²) >= 11 is 12.1. The zero-order valence-corrected chi connectivity index (χ0v) is 17.4. The molecule has 1 aromatic carbocycles. The lowest BCUT2D eigenvalue weighted by Crippen LogP contribution is -2.52. The van der Waals surface area contributed by atoms with E-state index in [1.807, 2.05) is 0 Å². The second kappa shape index (κ2) is 9.07. The molecule has 1 aromatic heterocycles. The molecule has 0 saturated carbocycles. The summed E-state index contributed by atoms with van der Waals surface area (Å²) in [5.41, 5.74) is 0.492. The Balaban J connectivity index is 1.38. The Kier molecular flexibility index (Phi) is 6.26. The van der Waals surface area contributed by atoms with E-state index in [1.165, 1.54) is 4.90 Å². The van der Waals surface area contributed by atoms with Crippen LogP contribution in [0.5, 0.6) is 11.5 Å². The van der Waals surface area contributed by atoms with E-state index in [-0.39, 0.29) is 42.8 Å². The molecule has 2 aliphatic rings. The lowest BCUT2D eigenvalue weighted by atomic mass is 10.2. The first-order valence-corrected chi connectivity index (χ1v) is 10.1. The van der Waals surface area contributed by atoms with Gasteiger partial charge in [-0.3, -0.25) is 14.5 Å². The van der Waals surface area contributed by atoms with Crippen molar-refractivity contribution in [3.63, 3.8) is 0 Å². The van der Waals surface area contributed by atoms with Crippen molar-refractivity contribution in [3.8, 4) is 11.5 Å². The van der Waals surface area contributed by atoms with Crippen LogP contribution in [0.25, 0.3) is 0 Å². The number of nitrogens with zero attached hydrogens (tertiary/aromatic N) is 3. The van der Waals surface area contributed by atoms with Crippen molar-refractivity contribution in [1.29, 1.82) is 0 Å². The second-order valence-corrected chi connectivity index (χ2v) is 7.61. The average Bonchev–Trinajstić information content (AvgIpc) is 2.75. The number of pyridine rings is 1. The van der Waals surface area contributed by atoms with Gasteiger partial charge in [0.1, 0.15) is 25.0 Å². The topological polar surface area (TPSA) is 81.2 Å². The van der Waals surface area contributed by atoms with Gasteiger partial charge in [0, 0.05) is 17.8 Å². The van der Waals surface area contributed by atoms with Gasteiger partial charge < -0.3 is 19.1 Å². The van der Waals surface area contributed by atoms with Gasteiger partial charge in [-0.15, -0.1) is 0 Å². The number of hydrogen-bond donors (Lipinski definition) is 0. The van der Waals surface area contributed by atoms with E-state index < -0.39 is 0 Å². The minimum Gasteiger partial charge on any atom is -0.488 e. The van der Waals surface area contributed by atoms with Crippen LogP contribution in [-0.4, -0.2) is 67.3 Å². The molecule has 1 fully saturated rings. The molecule has 8 nitrogen and oxygen atoms in total. The van der Waals surface area contributed by atoms with Crippen LogP contribution in [0.2, 0.25) is 10.2 Å². The number of morpholine rings is 1. The summed E-state index contributed by atoms with van der Waals surface area (Å²) in [6, 6.07) is 8.43. The lowest BCUT2D eigenvalue weighted by Gasteiger charge is -2.35. The first kappa shape index (κ1) is 20.7. The Morgan fingerprint density at radius 1 is 1.30 bits per heavy atom. The van der Waals surface area contributed by atoms with Crippen molar-refractivity contribution < 1.29 is 23.8 Å². The van der Waals surface area contributed by atoms with Crippen LogP contribution in [0.4, 0.5) is 5.69 Å². The fourth-order valence-electron chi connectivity index (χ4n) is 3.29. The van der Waals surface area contributed by atoms with Crippen LogP contribution in [0.15, 0.2) is 36.5 Å². The summed E-state index contributed by atoms with van der Waals surface area (Å²) in [5.74, 6) is 0.494. The average molecular weight is 452 g/mol. The van der Waals surface area contributed by atoms with Crippen LogP contribution in [-0.2, 0) is 14.3 Å². The van der Waals surface area contributed by atoms with Gasteiger partial charge in [-0.2, -0.15) is 0 Å². The van der Waals surface area contributed by atoms with E-state index in [0.717, 1.165) is 0 Å². The molecule has 2 aliphatic heterocycles. The molecular formula is C20H19Cl2N3O5. The maximum atomic E-state index is 12.9. The normalized spacial score (nSPS) is 18.6. The molecule has 0 bridgehead atoms. The van der Waals surface area contributed by atoms with Gasteiger partial charge in [0.2, 0.25) is 5.91 Å². The fraction of sp³-hybridized carbons (Fsp3) is 0.350. The molecule has 0 aliphatic carbocycles. The molecule has 0 radical (unpaired) electrons. The molecule has 10 heteroatoms. The number of anilines is 1. The van der Waals surface area contributed by atoms with E-state index in [2.05, 4.69) is 4.98 Å². The summed E-state index contributed by atoms with van der Waals surface area (Å²) in [7, 11) is 0. The van der Waals surface area contributed by atoms with Crippen molar-refractivity contribution in [3.05, 3.63) is 46.7 Å². The minimum absolute atomic E-state index is 0.0997. The largest absolute Gasteiger partial charge is 0.488 e. The monoisotopic (exact) mass is 451 g/mol. The minimum atomic E-state index is -0.318. The highest BCUT2D eigenvalue weighted by Crippen LogP contribution is 2.34. The highest BCUT2D eigenvalue weighted by Gasteiger charge is 2.31. The summed E-state index contributed by atoms with van der Waals surface area (Å²) in [6.07, 6.45) is 1.26. The van der Waals surface area contributed by atoms with Crippen molar-refractivity contribution in [2.45, 2.75) is 6.10 Å². The highest BCUT2D eigenvalue weighted by molar-refractivity contribution is 6.31. The smallest absolute Gasteiger partial charge is 0.265 e. The van der Waals surface area contributed by atoms with Crippen LogP contribution in [0, 0.1) is 0 Å². The Labute approximate surface area is 183 Å². The van der Waals surface area contributed by atoms with E-state index in [0.29, 0.717) is 41.9 Å². The molecule has 1 atom stereocenters. The molecule has 1 unspecified atom stereocenters. The Morgan fingerprint density at radius 2 is 2.17 bits per heavy atom. The van der Waals surface area contributed by atoms with Crippen molar-refractivity contribution in [2.24, 2.45) is 0 Å². The van der Waals surface area contributed by atoms with Crippen LogP contribution < -0.4 is 14.4 Å². The van der Waals surface area contributed by atoms with E-state index >= 15 is 0 Å². The molecule has 0 N–H and O–H groups in total. The molecule has 30 heavy (non-hydrogen) atoms. The molecule has 2 aromatic rings. The summed E-state index contributed by atoms with van der Waals surface area (Å²) in [6.45, 7) is 1.16. The zero-order valence-electron chi connectivity index (χ0n) is 15.9. The van der Waals surface area contributed by atoms with Crippen LogP contribution >= 0.6 is 23.2 Å². The van der Waals surface area contributed by atoms with Gasteiger partial charge >= 0.3 is 0 Å². The quantitative estimate of drug-likeness (QED) is 0.649. The fourth-order valence-corrected chi connectivity index (χ4v) is 3.63. The first-order valence-electron chi connectivity index (χ1n) is 9.36. The number of benzene rings is 1. The van der Waals surface area contributed by atoms with E-state index in [1.54, 1.807) is 41.4 Å². The maximum absolute atomic E-state index is 12.9. The van der Waals surface area contributed by atoms with Gasteiger partial charge in [-0.05, 0) is 30.3 Å². The number of rotatable bonds is 5. The van der Waals surface area contributed by atoms with Gasteiger partial charge in [0.05, 0.1) is 18.8 Å². The molecule has 0 spiro atoms. The van der Waals surface area contributed by atoms with Crippen LogP contribution in [0.3, 0.4) is 0 Å². The molecule has 1 saturated heterocycles. The zero-order chi connectivity index (χ0) is 21.1. The standard InChI is InChI=1S/C20H19Cl2N3O5/c21-13-3-4-16-15(8-13)25(19(27)12-30-16)10-18(26)24-6-7-28-14(9-24)11-29-17-2-1-5-23-20(17)22/h1-5,8,14H,6-7,9-12H2. The third-order valence-corrected chi connectivity index (χ3v) is 5.32. The number of carbonyl (C=O) groups excluding carboxylic acids is 2. The number of carbonyl (C=O) groups is 2. The number of aromatic nitrogens is 1. The van der Waals surface area contributed by atoms with Crippen molar-refractivity contribution >= 4 is 40.7 Å². The van der Waals surface area contributed by atoms with Gasteiger partial charge in [-0.1, -0.05) is 23.2 Å². The molecular weight excluding hydrogens is 433 g/mol. The number of hydrogen-bond acceptors (Lipinski definition) is 6. The molecule has 2 amide bonds. The van der Waals surface area contributed by atoms with Crippen molar-refractivity contribution in [2.75, 3.05) is 44.4 Å². The first-order chi connectivity index (χ1) is 14.5. The molecule has 3 heterocycles. The Hall–Kier alpha value is -2.55. The predicted octanol–water partition coefficient (Wildman–Crippen LogP) is 2.42. The van der Waals surface area contributed by atoms with E-state index in [9.17, 15) is 9.59 Å². The predicted molar refractivity (Wildman–Crippen MR) is 110 cm³/mol. The van der Waals surface area contributed by atoms with Crippen molar-refractivity contribution in [1.82, 2.24) is 9.88 Å². The maximum Gasteiger partial charge on any atom is 0.265 e. The van der Waals surface area contributed by atoms with Gasteiger partial charge in [0.15, 0.2) is 17.5 Å². The number of fused-ring (bicyclic) bond motifs is 1. The Morgan fingerprint density at radius 3 is 3.00 bits per heavy atom. The SMILES string of the molecule is O=C(CN1C(=O)COc2ccc(Cl)cc21)N1CCOC(COc2cccnc2Cl)C1. The summed E-state index contributed by atoms with van der Waals surface area (Å²) in [5, 5.41) is 0.728. The van der Waals surface area contributed by atoms with Gasteiger partial charge in [-0.25, -0.2) is 4.98 Å². The molecule has 158 valence electrons. The Bertz CT molecular complexity index is 958. The molecule has 4 rings (SSSR count). The highest BCUT2D eigenvalue weighted by atomic mass is 35.5. The number of halogens is 2. The summed E-state index contributed by atoms with van der Waals surface area (Å²) in [4.78, 5) is 32.3. The third-order valence-electron chi connectivity index (χ3n) is 4.80. The van der Waals surface area contributed by atoms with E-state index in [4.69, 9.17) is 37.4 Å². The third kappa shape index (κ3) is 4.61. The number of amides is 2. The summed E-state index contributed by atoms with van der Waals surface area (Å²) < 4.78 is 16.8. The number of ether oxygens (including phenoxy) is 3. The van der Waals surface area contributed by atoms with Gasteiger partial charge in [0.25, 0.3) is 5.91 Å². The lowest BCUT2D eigenvalue weighted by molar-refractivity contribution is -0.139. The van der Waals surface area contributed by atoms with Crippen LogP contribution in [0.1, 0.15) is 0 Å².